The van der Waals surface area contributed by atoms with E-state index in [1.807, 2.05) is 4.90 Å². The summed E-state index contributed by atoms with van der Waals surface area (Å²) >= 11 is 0. The zero-order valence-corrected chi connectivity index (χ0v) is 14.9. The second-order valence-corrected chi connectivity index (χ2v) is 9.41. The van der Waals surface area contributed by atoms with Gasteiger partial charge in [0.2, 0.25) is 15.9 Å². The van der Waals surface area contributed by atoms with Crippen molar-refractivity contribution in [3.8, 4) is 0 Å². The van der Waals surface area contributed by atoms with E-state index >= 15 is 0 Å². The molecular weight excluding hydrogens is 326 g/mol. The normalized spacial score (nSPS) is 35.9. The average molecular weight is 349 g/mol. The Morgan fingerprint density at radius 1 is 1.33 bits per heavy atom. The van der Waals surface area contributed by atoms with Crippen LogP contribution in [0.25, 0.3) is 0 Å². The lowest BCUT2D eigenvalue weighted by molar-refractivity contribution is -0.132. The molecule has 1 amide bonds. The maximum absolute atomic E-state index is 13.2. The van der Waals surface area contributed by atoms with Crippen molar-refractivity contribution in [3.63, 3.8) is 0 Å². The lowest BCUT2D eigenvalue weighted by atomic mass is 9.66. The van der Waals surface area contributed by atoms with Gasteiger partial charge in [0, 0.05) is 49.4 Å². The number of rotatable bonds is 2. The quantitative estimate of drug-likeness (QED) is 0.814. The second kappa shape index (κ2) is 5.26. The van der Waals surface area contributed by atoms with E-state index in [0.29, 0.717) is 6.54 Å². The van der Waals surface area contributed by atoms with Crippen LogP contribution in [0.2, 0.25) is 0 Å². The number of aromatic nitrogens is 1. The molecule has 6 nitrogen and oxygen atoms in total. The van der Waals surface area contributed by atoms with Crippen LogP contribution in [-0.4, -0.2) is 53.2 Å². The molecule has 1 saturated carbocycles. The number of hydrogen-bond acceptors (Lipinski definition) is 4. The van der Waals surface area contributed by atoms with E-state index in [4.69, 9.17) is 0 Å². The Morgan fingerprint density at radius 3 is 2.75 bits per heavy atom. The molecule has 0 unspecified atom stereocenters. The van der Waals surface area contributed by atoms with Gasteiger partial charge >= 0.3 is 0 Å². The minimum Gasteiger partial charge on any atom is -0.335 e. The van der Waals surface area contributed by atoms with Gasteiger partial charge in [0.1, 0.15) is 4.90 Å². The minimum atomic E-state index is -3.59. The van der Waals surface area contributed by atoms with Gasteiger partial charge in [-0.1, -0.05) is 6.92 Å². The summed E-state index contributed by atoms with van der Waals surface area (Å²) in [6.45, 7) is 4.17. The van der Waals surface area contributed by atoms with E-state index in [2.05, 4.69) is 11.9 Å². The van der Waals surface area contributed by atoms with Crippen LogP contribution in [0.4, 0.5) is 0 Å². The fourth-order valence-corrected chi connectivity index (χ4v) is 7.08. The lowest BCUT2D eigenvalue weighted by Crippen LogP contribution is -2.57. The molecule has 24 heavy (non-hydrogen) atoms. The van der Waals surface area contributed by atoms with Crippen molar-refractivity contribution in [2.45, 2.75) is 62.6 Å². The summed E-state index contributed by atoms with van der Waals surface area (Å²) in [6, 6.07) is 3.36. The van der Waals surface area contributed by atoms with Gasteiger partial charge in [0.15, 0.2) is 0 Å². The molecule has 2 saturated heterocycles. The highest BCUT2D eigenvalue weighted by Gasteiger charge is 2.62. The Kier molecular flexibility index (Phi) is 3.51. The van der Waals surface area contributed by atoms with Gasteiger partial charge in [-0.15, -0.1) is 0 Å². The van der Waals surface area contributed by atoms with Crippen molar-refractivity contribution in [2.24, 2.45) is 5.41 Å². The minimum absolute atomic E-state index is 0.0155. The van der Waals surface area contributed by atoms with Gasteiger partial charge in [-0.2, -0.15) is 4.31 Å². The van der Waals surface area contributed by atoms with E-state index in [1.54, 1.807) is 29.6 Å². The van der Waals surface area contributed by atoms with Gasteiger partial charge in [-0.05, 0) is 37.8 Å². The number of sulfonamides is 1. The van der Waals surface area contributed by atoms with E-state index in [0.717, 1.165) is 25.7 Å². The monoisotopic (exact) mass is 349 g/mol. The topological polar surface area (TPSA) is 70.6 Å². The van der Waals surface area contributed by atoms with Crippen molar-refractivity contribution in [1.82, 2.24) is 14.2 Å². The summed E-state index contributed by atoms with van der Waals surface area (Å²) in [5.74, 6) is 0.0648. The number of carbonyl (C=O) groups is 1. The van der Waals surface area contributed by atoms with Gasteiger partial charge < -0.3 is 4.90 Å². The van der Waals surface area contributed by atoms with Crippen molar-refractivity contribution in [1.29, 1.82) is 0 Å². The Bertz CT molecular complexity index is 767. The Balaban J connectivity index is 1.79. The fourth-order valence-electron chi connectivity index (χ4n) is 5.31. The second-order valence-electron chi connectivity index (χ2n) is 7.52. The van der Waals surface area contributed by atoms with Crippen LogP contribution in [-0.2, 0) is 14.8 Å². The first-order valence-corrected chi connectivity index (χ1v) is 10.0. The molecule has 4 rings (SSSR count). The standard InChI is InChI=1S/C17H23N3O3S/c1-12(21)20-13-9-17(2)15(6-3-7-16(17)20)19(11-13)24(22,23)14-5-4-8-18-10-14/h4-5,8,10,13,15-16H,3,6-7,9,11H2,1-2H3/t13-,15+,16-,17+/m0/s1. The molecule has 2 aliphatic heterocycles. The number of piperidine rings is 1. The average Bonchev–Trinajstić information content (AvgIpc) is 2.85. The molecule has 0 N–H and O–H groups in total. The Hall–Kier alpha value is -1.47. The van der Waals surface area contributed by atoms with Crippen LogP contribution in [0.3, 0.4) is 0 Å². The first-order chi connectivity index (χ1) is 11.4. The first kappa shape index (κ1) is 16.0. The zero-order chi connectivity index (χ0) is 17.1. The highest BCUT2D eigenvalue weighted by Crippen LogP contribution is 2.55. The molecule has 1 aromatic rings. The SMILES string of the molecule is CC(=O)N1[C@@H]2CN(S(=O)(=O)c3cccnc3)[C@@H]3CCC[C@H]1[C@]3(C)C2. The fraction of sp³-hybridized carbons (Fsp3) is 0.647. The largest absolute Gasteiger partial charge is 0.335 e. The molecule has 0 aromatic carbocycles. The van der Waals surface area contributed by atoms with Crippen molar-refractivity contribution in [3.05, 3.63) is 24.5 Å². The first-order valence-electron chi connectivity index (χ1n) is 8.56. The van der Waals surface area contributed by atoms with E-state index in [-0.39, 0.29) is 34.3 Å². The predicted octanol–water partition coefficient (Wildman–Crippen LogP) is 1.63. The molecule has 3 heterocycles. The molecule has 4 atom stereocenters. The van der Waals surface area contributed by atoms with Gasteiger partial charge in [0.05, 0.1) is 0 Å². The van der Waals surface area contributed by atoms with Crippen molar-refractivity contribution in [2.75, 3.05) is 6.54 Å². The number of amides is 1. The third kappa shape index (κ3) is 2.07. The van der Waals surface area contributed by atoms with Crippen molar-refractivity contribution < 1.29 is 13.2 Å². The van der Waals surface area contributed by atoms with Gasteiger partial charge in [-0.3, -0.25) is 9.78 Å². The highest BCUT2D eigenvalue weighted by molar-refractivity contribution is 7.89. The van der Waals surface area contributed by atoms with Crippen LogP contribution in [0.1, 0.15) is 39.5 Å². The van der Waals surface area contributed by atoms with Crippen LogP contribution < -0.4 is 0 Å². The molecule has 130 valence electrons. The third-order valence-electron chi connectivity index (χ3n) is 6.23. The number of nitrogens with zero attached hydrogens (tertiary/aromatic N) is 3. The number of hydrogen-bond donors (Lipinski definition) is 0. The third-order valence-corrected chi connectivity index (χ3v) is 8.08. The molecule has 1 aromatic heterocycles. The van der Waals surface area contributed by atoms with Crippen LogP contribution in [0.15, 0.2) is 29.4 Å². The molecule has 3 aliphatic rings. The van der Waals surface area contributed by atoms with Gasteiger partial charge in [0.25, 0.3) is 0 Å². The smallest absolute Gasteiger partial charge is 0.244 e. The lowest BCUT2D eigenvalue weighted by Gasteiger charge is -2.49. The van der Waals surface area contributed by atoms with Crippen LogP contribution >= 0.6 is 0 Å². The number of fused-ring (bicyclic) bond motifs is 1. The van der Waals surface area contributed by atoms with E-state index in [1.165, 1.54) is 6.20 Å². The summed E-state index contributed by atoms with van der Waals surface area (Å²) in [5.41, 5.74) is -0.151. The summed E-state index contributed by atoms with van der Waals surface area (Å²) < 4.78 is 28.1. The van der Waals surface area contributed by atoms with Crippen LogP contribution in [0, 0.1) is 5.41 Å². The molecule has 2 bridgehead atoms. The number of carbonyl (C=O) groups excluding carboxylic acids is 1. The molecule has 0 radical (unpaired) electrons. The zero-order valence-electron chi connectivity index (χ0n) is 14.1. The van der Waals surface area contributed by atoms with E-state index < -0.39 is 10.0 Å². The summed E-state index contributed by atoms with van der Waals surface area (Å²) in [4.78, 5) is 18.4. The summed E-state index contributed by atoms with van der Waals surface area (Å²) in [5, 5.41) is 0. The molecule has 1 aliphatic carbocycles. The predicted molar refractivity (Wildman–Crippen MR) is 88.6 cm³/mol. The van der Waals surface area contributed by atoms with E-state index in [9.17, 15) is 13.2 Å². The van der Waals surface area contributed by atoms with Gasteiger partial charge in [-0.25, -0.2) is 8.42 Å². The molecule has 3 fully saturated rings. The van der Waals surface area contributed by atoms with Crippen molar-refractivity contribution >= 4 is 15.9 Å². The molecule has 7 heteroatoms. The summed E-state index contributed by atoms with van der Waals surface area (Å²) in [7, 11) is -3.59. The summed E-state index contributed by atoms with van der Waals surface area (Å²) in [6.07, 6.45) is 6.70. The maximum atomic E-state index is 13.2. The molecule has 0 spiro atoms. The number of pyridine rings is 1. The molecular formula is C17H23N3O3S. The Morgan fingerprint density at radius 2 is 2.08 bits per heavy atom. The highest BCUT2D eigenvalue weighted by atomic mass is 32.2. The maximum Gasteiger partial charge on any atom is 0.244 e. The number of likely N-dealkylation sites (tertiary alicyclic amines) is 1. The van der Waals surface area contributed by atoms with Crippen LogP contribution in [0.5, 0.6) is 0 Å². The Labute approximate surface area is 142 Å².